The summed E-state index contributed by atoms with van der Waals surface area (Å²) in [6, 6.07) is 0. The molecule has 0 unspecified atom stereocenters. The lowest BCUT2D eigenvalue weighted by Gasteiger charge is -2.26. The van der Waals surface area contributed by atoms with E-state index in [9.17, 15) is 9.59 Å². The third kappa shape index (κ3) is 4.50. The molecule has 0 aromatic carbocycles. The van der Waals surface area contributed by atoms with E-state index in [4.69, 9.17) is 4.74 Å². The molecule has 2 amide bonds. The van der Waals surface area contributed by atoms with Crippen LogP contribution in [0.5, 0.6) is 0 Å². The Morgan fingerprint density at radius 2 is 2.05 bits per heavy atom. The van der Waals surface area contributed by atoms with Gasteiger partial charge in [0, 0.05) is 23.9 Å². The van der Waals surface area contributed by atoms with Crippen molar-refractivity contribution in [1.82, 2.24) is 9.88 Å². The third-order valence-corrected chi connectivity index (χ3v) is 3.96. The average molecular weight is 311 g/mol. The lowest BCUT2D eigenvalue weighted by atomic mass is 9.96. The van der Waals surface area contributed by atoms with Crippen LogP contribution in [-0.2, 0) is 20.7 Å². The number of rotatable bonds is 3. The van der Waals surface area contributed by atoms with Gasteiger partial charge in [0.15, 0.2) is 5.13 Å². The minimum absolute atomic E-state index is 0.0531. The first-order valence-corrected chi connectivity index (χ1v) is 7.85. The Morgan fingerprint density at radius 1 is 1.38 bits per heavy atom. The Labute approximate surface area is 128 Å². The zero-order chi connectivity index (χ0) is 15.5. The van der Waals surface area contributed by atoms with E-state index in [2.05, 4.69) is 10.3 Å². The zero-order valence-electron chi connectivity index (χ0n) is 12.6. The molecule has 0 bridgehead atoms. The Bertz CT molecular complexity index is 516. The van der Waals surface area contributed by atoms with Crippen molar-refractivity contribution in [3.05, 3.63) is 11.1 Å². The van der Waals surface area contributed by atoms with Gasteiger partial charge in [0.2, 0.25) is 11.8 Å². The van der Waals surface area contributed by atoms with E-state index in [1.54, 1.807) is 4.90 Å². The van der Waals surface area contributed by atoms with E-state index in [-0.39, 0.29) is 18.2 Å². The first-order valence-electron chi connectivity index (χ1n) is 6.97. The van der Waals surface area contributed by atoms with Crippen LogP contribution in [0.1, 0.15) is 26.5 Å². The summed E-state index contributed by atoms with van der Waals surface area (Å²) in [5.41, 5.74) is 0.232. The molecule has 0 atom stereocenters. The quantitative estimate of drug-likeness (QED) is 0.919. The fraction of sp³-hybridized carbons (Fsp3) is 0.643. The Kier molecular flexibility index (Phi) is 4.95. The largest absolute Gasteiger partial charge is 0.378 e. The van der Waals surface area contributed by atoms with Gasteiger partial charge >= 0.3 is 0 Å². The molecule has 0 spiro atoms. The molecule has 1 aliphatic heterocycles. The standard InChI is InChI=1S/C14H21N3O3S/c1-14(2,3)12(19)16-13-15-10(9-21-13)8-11(18)17-4-6-20-7-5-17/h9H,4-8H2,1-3H3,(H,15,16,19). The van der Waals surface area contributed by atoms with E-state index in [0.717, 1.165) is 0 Å². The smallest absolute Gasteiger partial charge is 0.231 e. The highest BCUT2D eigenvalue weighted by atomic mass is 32.1. The first-order chi connectivity index (χ1) is 9.86. The first kappa shape index (κ1) is 15.9. The van der Waals surface area contributed by atoms with Gasteiger partial charge in [0.25, 0.3) is 0 Å². The Hall–Kier alpha value is -1.47. The van der Waals surface area contributed by atoms with Crippen molar-refractivity contribution in [3.8, 4) is 0 Å². The Morgan fingerprint density at radius 3 is 2.67 bits per heavy atom. The molecule has 21 heavy (non-hydrogen) atoms. The van der Waals surface area contributed by atoms with E-state index >= 15 is 0 Å². The van der Waals surface area contributed by atoms with Crippen LogP contribution in [0.3, 0.4) is 0 Å². The number of hydrogen-bond acceptors (Lipinski definition) is 5. The number of morpholine rings is 1. The number of nitrogens with zero attached hydrogens (tertiary/aromatic N) is 2. The molecule has 1 aromatic heterocycles. The predicted octanol–water partition coefficient (Wildman–Crippen LogP) is 1.53. The van der Waals surface area contributed by atoms with Gasteiger partial charge in [0.1, 0.15) is 0 Å². The lowest BCUT2D eigenvalue weighted by Crippen LogP contribution is -2.41. The summed E-state index contributed by atoms with van der Waals surface area (Å²) in [4.78, 5) is 30.1. The van der Waals surface area contributed by atoms with Crippen LogP contribution in [0.15, 0.2) is 5.38 Å². The minimum atomic E-state index is -0.463. The van der Waals surface area contributed by atoms with Crippen LogP contribution in [-0.4, -0.2) is 48.0 Å². The van der Waals surface area contributed by atoms with Gasteiger partial charge in [-0.1, -0.05) is 20.8 Å². The number of amides is 2. The number of carbonyl (C=O) groups excluding carboxylic acids is 2. The summed E-state index contributed by atoms with van der Waals surface area (Å²) in [5, 5.41) is 5.14. The van der Waals surface area contributed by atoms with E-state index in [1.807, 2.05) is 26.2 Å². The van der Waals surface area contributed by atoms with Crippen LogP contribution in [0, 0.1) is 5.41 Å². The highest BCUT2D eigenvalue weighted by molar-refractivity contribution is 7.13. The maximum absolute atomic E-state index is 12.1. The van der Waals surface area contributed by atoms with Gasteiger partial charge in [-0.3, -0.25) is 9.59 Å². The topological polar surface area (TPSA) is 71.5 Å². The molecule has 1 fully saturated rings. The number of nitrogens with one attached hydrogen (secondary N) is 1. The monoisotopic (exact) mass is 311 g/mol. The van der Waals surface area contributed by atoms with Crippen molar-refractivity contribution < 1.29 is 14.3 Å². The summed E-state index contributed by atoms with van der Waals surface area (Å²) < 4.78 is 5.22. The highest BCUT2D eigenvalue weighted by Crippen LogP contribution is 2.21. The molecule has 2 rings (SSSR count). The number of hydrogen-bond donors (Lipinski definition) is 1. The normalized spacial score (nSPS) is 15.9. The fourth-order valence-corrected chi connectivity index (χ4v) is 2.51. The molecule has 0 saturated carbocycles. The molecule has 0 aliphatic carbocycles. The van der Waals surface area contributed by atoms with Crippen molar-refractivity contribution in [2.45, 2.75) is 27.2 Å². The number of ether oxygens (including phenoxy) is 1. The maximum Gasteiger partial charge on any atom is 0.231 e. The number of aromatic nitrogens is 1. The minimum Gasteiger partial charge on any atom is -0.378 e. The third-order valence-electron chi connectivity index (χ3n) is 3.15. The van der Waals surface area contributed by atoms with Crippen LogP contribution >= 0.6 is 11.3 Å². The zero-order valence-corrected chi connectivity index (χ0v) is 13.5. The molecular weight excluding hydrogens is 290 g/mol. The molecule has 1 aromatic rings. The maximum atomic E-state index is 12.1. The van der Waals surface area contributed by atoms with Crippen molar-refractivity contribution in [2.75, 3.05) is 31.6 Å². The molecule has 6 nitrogen and oxygen atoms in total. The fourth-order valence-electron chi connectivity index (χ4n) is 1.81. The molecule has 2 heterocycles. The average Bonchev–Trinajstić information content (AvgIpc) is 2.86. The van der Waals surface area contributed by atoms with Gasteiger partial charge in [-0.05, 0) is 0 Å². The Balaban J connectivity index is 1.91. The lowest BCUT2D eigenvalue weighted by molar-refractivity contribution is -0.134. The summed E-state index contributed by atoms with van der Waals surface area (Å²) >= 11 is 1.34. The van der Waals surface area contributed by atoms with Crippen molar-refractivity contribution in [3.63, 3.8) is 0 Å². The number of anilines is 1. The van der Waals surface area contributed by atoms with Gasteiger partial charge in [-0.25, -0.2) is 4.98 Å². The molecule has 116 valence electrons. The van der Waals surface area contributed by atoms with Crippen LogP contribution in [0.2, 0.25) is 0 Å². The molecule has 1 saturated heterocycles. The van der Waals surface area contributed by atoms with Crippen molar-refractivity contribution in [1.29, 1.82) is 0 Å². The van der Waals surface area contributed by atoms with Crippen LogP contribution in [0.25, 0.3) is 0 Å². The summed E-state index contributed by atoms with van der Waals surface area (Å²) in [5.74, 6) is -0.0276. The molecule has 0 radical (unpaired) electrons. The second-order valence-corrected chi connectivity index (χ2v) is 6.88. The van der Waals surface area contributed by atoms with Gasteiger partial charge in [-0.2, -0.15) is 0 Å². The van der Waals surface area contributed by atoms with Gasteiger partial charge in [-0.15, -0.1) is 11.3 Å². The summed E-state index contributed by atoms with van der Waals surface area (Å²) in [6.07, 6.45) is 0.266. The molecular formula is C14H21N3O3S. The summed E-state index contributed by atoms with van der Waals surface area (Å²) in [6.45, 7) is 8.00. The van der Waals surface area contributed by atoms with E-state index < -0.39 is 5.41 Å². The molecule has 1 aliphatic rings. The highest BCUT2D eigenvalue weighted by Gasteiger charge is 2.23. The molecule has 1 N–H and O–H groups in total. The number of thiazole rings is 1. The van der Waals surface area contributed by atoms with E-state index in [1.165, 1.54) is 11.3 Å². The molecule has 7 heteroatoms. The van der Waals surface area contributed by atoms with Crippen LogP contribution in [0.4, 0.5) is 5.13 Å². The second kappa shape index (κ2) is 6.53. The van der Waals surface area contributed by atoms with E-state index in [0.29, 0.717) is 37.1 Å². The summed E-state index contributed by atoms with van der Waals surface area (Å²) in [7, 11) is 0. The van der Waals surface area contributed by atoms with Crippen LogP contribution < -0.4 is 5.32 Å². The van der Waals surface area contributed by atoms with Gasteiger partial charge < -0.3 is 15.0 Å². The SMILES string of the molecule is CC(C)(C)C(=O)Nc1nc(CC(=O)N2CCOCC2)cs1. The van der Waals surface area contributed by atoms with Crippen molar-refractivity contribution in [2.24, 2.45) is 5.41 Å². The van der Waals surface area contributed by atoms with Crippen molar-refractivity contribution >= 4 is 28.3 Å². The number of carbonyl (C=O) groups is 2. The van der Waals surface area contributed by atoms with Gasteiger partial charge in [0.05, 0.1) is 25.3 Å². The second-order valence-electron chi connectivity index (χ2n) is 6.02. The predicted molar refractivity (Wildman–Crippen MR) is 81.3 cm³/mol.